The van der Waals surface area contributed by atoms with E-state index in [0.29, 0.717) is 34.1 Å². The Morgan fingerprint density at radius 1 is 1.20 bits per heavy atom. The van der Waals surface area contributed by atoms with Crippen LogP contribution in [0.4, 0.5) is 0 Å². The second-order valence-corrected chi connectivity index (χ2v) is 12.3. The van der Waals surface area contributed by atoms with Gasteiger partial charge in [0.2, 0.25) is 5.91 Å². The van der Waals surface area contributed by atoms with Gasteiger partial charge in [0.15, 0.2) is 0 Å². The molecule has 1 amide bonds. The maximum atomic E-state index is 12.7. The van der Waals surface area contributed by atoms with Gasteiger partial charge in [-0.2, -0.15) is 4.31 Å². The molecule has 0 aliphatic carbocycles. The number of carbonyl (C=O) groups is 1. The summed E-state index contributed by atoms with van der Waals surface area (Å²) in [6, 6.07) is 3.89. The summed E-state index contributed by atoms with van der Waals surface area (Å²) in [5.74, 6) is 0.335. The van der Waals surface area contributed by atoms with E-state index in [1.165, 1.54) is 36.5 Å². The maximum absolute atomic E-state index is 12.7. The molecule has 170 valence electrons. The van der Waals surface area contributed by atoms with Crippen molar-refractivity contribution in [3.8, 4) is 0 Å². The number of hydrogen-bond donors (Lipinski definition) is 1. The number of amides is 1. The van der Waals surface area contributed by atoms with Crippen molar-refractivity contribution in [3.05, 3.63) is 16.5 Å². The molecule has 3 rings (SSSR count). The van der Waals surface area contributed by atoms with Crippen molar-refractivity contribution >= 4 is 38.9 Å². The molecule has 2 aliphatic rings. The Kier molecular flexibility index (Phi) is 9.01. The predicted octanol–water partition coefficient (Wildman–Crippen LogP) is 3.96. The number of nitrogens with zero attached hydrogens (tertiary/aromatic N) is 2. The standard InChI is InChI=1S/C21H34ClN3O3S2/c1-2-18-6-3-4-12-24(18)13-5-11-23-20(26)16-17-9-14-25(15-10-17)30(27,28)21-8-7-19(22)29-21/h7-8,17-18H,2-6,9-16H2,1H3,(H,23,26)/t18-/m1/s1. The van der Waals surface area contributed by atoms with Crippen LogP contribution in [0, 0.1) is 5.92 Å². The van der Waals surface area contributed by atoms with Gasteiger partial charge in [0.05, 0.1) is 4.34 Å². The molecule has 0 radical (unpaired) electrons. The Balaban J connectivity index is 1.34. The monoisotopic (exact) mass is 475 g/mol. The van der Waals surface area contributed by atoms with E-state index in [2.05, 4.69) is 17.1 Å². The Morgan fingerprint density at radius 2 is 1.97 bits per heavy atom. The van der Waals surface area contributed by atoms with Crippen molar-refractivity contribution in [1.29, 1.82) is 0 Å². The normalized spacial score (nSPS) is 22.3. The van der Waals surface area contributed by atoms with Gasteiger partial charge in [0.25, 0.3) is 10.0 Å². The fourth-order valence-electron chi connectivity index (χ4n) is 4.58. The predicted molar refractivity (Wildman–Crippen MR) is 123 cm³/mol. The van der Waals surface area contributed by atoms with E-state index in [9.17, 15) is 13.2 Å². The van der Waals surface area contributed by atoms with Crippen LogP contribution in [0.2, 0.25) is 4.34 Å². The Labute approximate surface area is 190 Å². The van der Waals surface area contributed by atoms with Crippen molar-refractivity contribution in [2.75, 3.05) is 32.7 Å². The molecule has 0 saturated carbocycles. The summed E-state index contributed by atoms with van der Waals surface area (Å²) in [7, 11) is -3.47. The number of sulfonamides is 1. The zero-order valence-electron chi connectivity index (χ0n) is 17.8. The smallest absolute Gasteiger partial charge is 0.252 e. The summed E-state index contributed by atoms with van der Waals surface area (Å²) >= 11 is 6.98. The summed E-state index contributed by atoms with van der Waals surface area (Å²) in [6.45, 7) is 6.15. The maximum Gasteiger partial charge on any atom is 0.252 e. The molecular formula is C21H34ClN3O3S2. The lowest BCUT2D eigenvalue weighted by Crippen LogP contribution is -2.41. The molecule has 2 saturated heterocycles. The Bertz CT molecular complexity index is 791. The van der Waals surface area contributed by atoms with Crippen LogP contribution in [0.15, 0.2) is 16.3 Å². The summed E-state index contributed by atoms with van der Waals surface area (Å²) < 4.78 is 27.6. The van der Waals surface area contributed by atoms with Gasteiger partial charge in [0, 0.05) is 38.6 Å². The molecule has 1 N–H and O–H groups in total. The van der Waals surface area contributed by atoms with Gasteiger partial charge in [-0.25, -0.2) is 8.42 Å². The molecule has 0 aromatic carbocycles. The topological polar surface area (TPSA) is 69.7 Å². The molecular weight excluding hydrogens is 442 g/mol. The van der Waals surface area contributed by atoms with E-state index in [0.717, 1.165) is 43.7 Å². The van der Waals surface area contributed by atoms with Gasteiger partial charge in [0.1, 0.15) is 4.21 Å². The fourth-order valence-corrected chi connectivity index (χ4v) is 7.69. The minimum Gasteiger partial charge on any atom is -0.356 e. The van der Waals surface area contributed by atoms with Crippen molar-refractivity contribution in [1.82, 2.24) is 14.5 Å². The SMILES string of the molecule is CC[C@@H]1CCCCN1CCCNC(=O)CC1CCN(S(=O)(=O)c2ccc(Cl)s2)CC1. The fraction of sp³-hybridized carbons (Fsp3) is 0.762. The van der Waals surface area contributed by atoms with Gasteiger partial charge in [-0.15, -0.1) is 11.3 Å². The van der Waals surface area contributed by atoms with E-state index in [1.54, 1.807) is 12.1 Å². The second kappa shape index (κ2) is 11.3. The minimum atomic E-state index is -3.47. The molecule has 0 unspecified atom stereocenters. The lowest BCUT2D eigenvalue weighted by Gasteiger charge is -2.35. The average molecular weight is 476 g/mol. The second-order valence-electron chi connectivity index (χ2n) is 8.41. The molecule has 1 atom stereocenters. The van der Waals surface area contributed by atoms with Gasteiger partial charge in [-0.3, -0.25) is 4.79 Å². The van der Waals surface area contributed by atoms with E-state index in [4.69, 9.17) is 11.6 Å². The molecule has 6 nitrogen and oxygen atoms in total. The van der Waals surface area contributed by atoms with Crippen LogP contribution in [0.3, 0.4) is 0 Å². The van der Waals surface area contributed by atoms with E-state index in [1.807, 2.05) is 0 Å². The van der Waals surface area contributed by atoms with Gasteiger partial charge in [-0.05, 0) is 63.1 Å². The number of likely N-dealkylation sites (tertiary alicyclic amines) is 1. The molecule has 1 aromatic heterocycles. The van der Waals surface area contributed by atoms with Crippen LogP contribution in [-0.4, -0.2) is 62.3 Å². The first-order valence-corrected chi connectivity index (χ1v) is 13.8. The third-order valence-corrected chi connectivity index (χ3v) is 9.95. The van der Waals surface area contributed by atoms with E-state index < -0.39 is 10.0 Å². The number of thiophene rings is 1. The first kappa shape index (κ1) is 24.0. The molecule has 1 aromatic rings. The minimum absolute atomic E-state index is 0.0898. The van der Waals surface area contributed by atoms with Crippen LogP contribution in [0.1, 0.15) is 58.3 Å². The van der Waals surface area contributed by atoms with Crippen molar-refractivity contribution in [2.45, 2.75) is 68.5 Å². The molecule has 0 spiro atoms. The average Bonchev–Trinajstić information content (AvgIpc) is 3.19. The number of nitrogens with one attached hydrogen (secondary N) is 1. The van der Waals surface area contributed by atoms with E-state index >= 15 is 0 Å². The van der Waals surface area contributed by atoms with Crippen molar-refractivity contribution < 1.29 is 13.2 Å². The largest absolute Gasteiger partial charge is 0.356 e. The molecule has 2 aliphatic heterocycles. The highest BCUT2D eigenvalue weighted by molar-refractivity contribution is 7.91. The quantitative estimate of drug-likeness (QED) is 0.549. The third kappa shape index (κ3) is 6.42. The third-order valence-electron chi connectivity index (χ3n) is 6.35. The molecule has 30 heavy (non-hydrogen) atoms. The zero-order chi connectivity index (χ0) is 21.6. The summed E-state index contributed by atoms with van der Waals surface area (Å²) in [4.78, 5) is 14.9. The number of halogens is 1. The first-order chi connectivity index (χ1) is 14.4. The molecule has 2 fully saturated rings. The first-order valence-electron chi connectivity index (χ1n) is 11.2. The Hall–Kier alpha value is -0.670. The summed E-state index contributed by atoms with van der Waals surface area (Å²) in [5.41, 5.74) is 0. The van der Waals surface area contributed by atoms with Gasteiger partial charge in [-0.1, -0.05) is 24.9 Å². The molecule has 9 heteroatoms. The molecule has 0 bridgehead atoms. The number of rotatable bonds is 9. The number of hydrogen-bond acceptors (Lipinski definition) is 5. The molecule has 3 heterocycles. The summed E-state index contributed by atoms with van der Waals surface area (Å²) in [5, 5.41) is 3.06. The van der Waals surface area contributed by atoms with Crippen LogP contribution in [0.25, 0.3) is 0 Å². The Morgan fingerprint density at radius 3 is 2.63 bits per heavy atom. The summed E-state index contributed by atoms with van der Waals surface area (Å²) in [6.07, 6.45) is 8.05. The number of piperidine rings is 2. The number of carbonyl (C=O) groups excluding carboxylic acids is 1. The highest BCUT2D eigenvalue weighted by Crippen LogP contribution is 2.31. The highest BCUT2D eigenvalue weighted by Gasteiger charge is 2.31. The lowest BCUT2D eigenvalue weighted by atomic mass is 9.94. The van der Waals surface area contributed by atoms with Crippen LogP contribution in [0.5, 0.6) is 0 Å². The van der Waals surface area contributed by atoms with Crippen molar-refractivity contribution in [2.24, 2.45) is 5.92 Å². The lowest BCUT2D eigenvalue weighted by molar-refractivity contribution is -0.122. The van der Waals surface area contributed by atoms with Gasteiger partial charge < -0.3 is 10.2 Å². The van der Waals surface area contributed by atoms with Crippen LogP contribution >= 0.6 is 22.9 Å². The highest BCUT2D eigenvalue weighted by atomic mass is 35.5. The van der Waals surface area contributed by atoms with E-state index in [-0.39, 0.29) is 11.8 Å². The van der Waals surface area contributed by atoms with Gasteiger partial charge >= 0.3 is 0 Å². The zero-order valence-corrected chi connectivity index (χ0v) is 20.2. The van der Waals surface area contributed by atoms with Crippen LogP contribution in [-0.2, 0) is 14.8 Å². The van der Waals surface area contributed by atoms with Crippen molar-refractivity contribution in [3.63, 3.8) is 0 Å². The van der Waals surface area contributed by atoms with Crippen LogP contribution < -0.4 is 5.32 Å².